The van der Waals surface area contributed by atoms with E-state index >= 15 is 0 Å². The molecule has 0 aliphatic heterocycles. The maximum Gasteiger partial charge on any atom is 0.247 e. The standard InChI is InChI=1S/C29H29ClN6O3/c1-4-28(37)35-25-14-22-24(15-27(25)39-21-12-20(13-21)36(2)3)32-17-33-29(22)34-18-8-9-26(23(30)11-18)38-16-19-7-5-6-10-31-19/h4-11,14-15,17,20-21H,1,12-13,16H2,2-3H3,(H,35,37)(H,32,33,34). The van der Waals surface area contributed by atoms with E-state index in [9.17, 15) is 4.79 Å². The topological polar surface area (TPSA) is 102 Å². The lowest BCUT2D eigenvalue weighted by Gasteiger charge is -2.39. The molecule has 4 aromatic rings. The number of benzene rings is 2. The van der Waals surface area contributed by atoms with Gasteiger partial charge in [-0.2, -0.15) is 0 Å². The highest BCUT2D eigenvalue weighted by atomic mass is 35.5. The van der Waals surface area contributed by atoms with Gasteiger partial charge in [-0.25, -0.2) is 9.97 Å². The predicted octanol–water partition coefficient (Wildman–Crippen LogP) is 5.60. The number of ether oxygens (including phenoxy) is 2. The van der Waals surface area contributed by atoms with E-state index in [1.54, 1.807) is 18.3 Å². The number of hydrogen-bond donors (Lipinski definition) is 2. The largest absolute Gasteiger partial charge is 0.488 e. The second-order valence-electron chi connectivity index (χ2n) is 9.49. The van der Waals surface area contributed by atoms with Gasteiger partial charge in [-0.1, -0.05) is 24.2 Å². The molecule has 0 saturated heterocycles. The zero-order chi connectivity index (χ0) is 27.4. The van der Waals surface area contributed by atoms with Crippen LogP contribution in [0.2, 0.25) is 5.02 Å². The summed E-state index contributed by atoms with van der Waals surface area (Å²) in [6.07, 6.45) is 6.32. The lowest BCUT2D eigenvalue weighted by atomic mass is 9.88. The van der Waals surface area contributed by atoms with E-state index in [0.717, 1.165) is 18.5 Å². The lowest BCUT2D eigenvalue weighted by molar-refractivity contribution is -0.111. The predicted molar refractivity (Wildman–Crippen MR) is 153 cm³/mol. The quantitative estimate of drug-likeness (QED) is 0.249. The SMILES string of the molecule is C=CC(=O)Nc1cc2c(Nc3ccc(OCc4ccccn4)c(Cl)c3)ncnc2cc1OC1CC(N(C)C)C1. The van der Waals surface area contributed by atoms with Gasteiger partial charge in [0.2, 0.25) is 5.91 Å². The van der Waals surface area contributed by atoms with Crippen molar-refractivity contribution >= 4 is 45.6 Å². The summed E-state index contributed by atoms with van der Waals surface area (Å²) in [7, 11) is 4.13. The van der Waals surface area contributed by atoms with Crippen molar-refractivity contribution in [2.24, 2.45) is 0 Å². The number of anilines is 3. The fourth-order valence-corrected chi connectivity index (χ4v) is 4.50. The Bertz CT molecular complexity index is 1490. The van der Waals surface area contributed by atoms with Crippen LogP contribution in [0.1, 0.15) is 18.5 Å². The summed E-state index contributed by atoms with van der Waals surface area (Å²) in [5, 5.41) is 7.31. The van der Waals surface area contributed by atoms with E-state index in [2.05, 4.69) is 51.2 Å². The lowest BCUT2D eigenvalue weighted by Crippen LogP contribution is -2.46. The molecule has 2 aromatic carbocycles. The molecule has 0 unspecified atom stereocenters. The van der Waals surface area contributed by atoms with Gasteiger partial charge < -0.3 is 25.0 Å². The highest BCUT2D eigenvalue weighted by Crippen LogP contribution is 2.37. The molecule has 1 fully saturated rings. The van der Waals surface area contributed by atoms with Gasteiger partial charge in [-0.05, 0) is 69.4 Å². The number of pyridine rings is 1. The molecule has 1 aliphatic carbocycles. The molecule has 0 atom stereocenters. The minimum absolute atomic E-state index is 0.0641. The Kier molecular flexibility index (Phi) is 7.90. The van der Waals surface area contributed by atoms with Gasteiger partial charge in [0.25, 0.3) is 0 Å². The highest BCUT2D eigenvalue weighted by Gasteiger charge is 2.33. The van der Waals surface area contributed by atoms with Crippen LogP contribution in [-0.4, -0.2) is 52.0 Å². The molecular weight excluding hydrogens is 516 g/mol. The van der Waals surface area contributed by atoms with Crippen molar-refractivity contribution in [3.63, 3.8) is 0 Å². The second kappa shape index (κ2) is 11.7. The summed E-state index contributed by atoms with van der Waals surface area (Å²) < 4.78 is 12.1. The first-order valence-electron chi connectivity index (χ1n) is 12.5. The molecule has 0 spiro atoms. The molecule has 0 radical (unpaired) electrons. The smallest absolute Gasteiger partial charge is 0.247 e. The third-order valence-electron chi connectivity index (χ3n) is 6.57. The molecule has 1 saturated carbocycles. The summed E-state index contributed by atoms with van der Waals surface area (Å²) in [5.74, 6) is 1.32. The third-order valence-corrected chi connectivity index (χ3v) is 6.87. The van der Waals surface area contributed by atoms with Crippen molar-refractivity contribution in [2.75, 3.05) is 24.7 Å². The molecule has 5 rings (SSSR count). The summed E-state index contributed by atoms with van der Waals surface area (Å²) in [6.45, 7) is 3.87. The number of rotatable bonds is 10. The number of carbonyl (C=O) groups excluding carboxylic acids is 1. The number of amides is 1. The van der Waals surface area contributed by atoms with Gasteiger partial charge in [0.1, 0.15) is 36.4 Å². The third kappa shape index (κ3) is 6.27. The molecule has 0 bridgehead atoms. The fourth-order valence-electron chi connectivity index (χ4n) is 4.27. The summed E-state index contributed by atoms with van der Waals surface area (Å²) in [5.41, 5.74) is 2.71. The number of hydrogen-bond acceptors (Lipinski definition) is 8. The molecule has 39 heavy (non-hydrogen) atoms. The summed E-state index contributed by atoms with van der Waals surface area (Å²) in [6, 6.07) is 15.2. The monoisotopic (exact) mass is 544 g/mol. The average Bonchev–Trinajstić information content (AvgIpc) is 2.90. The zero-order valence-corrected chi connectivity index (χ0v) is 22.5. The van der Waals surface area contributed by atoms with Crippen LogP contribution in [0.15, 0.2) is 73.7 Å². The first-order chi connectivity index (χ1) is 18.9. The number of aromatic nitrogens is 3. The molecule has 200 valence electrons. The minimum Gasteiger partial charge on any atom is -0.488 e. The zero-order valence-electron chi connectivity index (χ0n) is 21.7. The molecule has 10 heteroatoms. The Hall–Kier alpha value is -4.21. The Labute approximate surface area is 231 Å². The van der Waals surface area contributed by atoms with Gasteiger partial charge in [0.15, 0.2) is 0 Å². The van der Waals surface area contributed by atoms with Crippen molar-refractivity contribution in [1.82, 2.24) is 19.9 Å². The summed E-state index contributed by atoms with van der Waals surface area (Å²) >= 11 is 6.50. The molecule has 2 aromatic heterocycles. The van der Waals surface area contributed by atoms with Crippen LogP contribution in [-0.2, 0) is 11.4 Å². The number of halogens is 1. The Morgan fingerprint density at radius 1 is 1.13 bits per heavy atom. The van der Waals surface area contributed by atoms with Gasteiger partial charge in [-0.15, -0.1) is 0 Å². The number of nitrogens with zero attached hydrogens (tertiary/aromatic N) is 4. The van der Waals surface area contributed by atoms with E-state index in [0.29, 0.717) is 57.3 Å². The van der Waals surface area contributed by atoms with Crippen LogP contribution in [0.5, 0.6) is 11.5 Å². The maximum atomic E-state index is 12.2. The van der Waals surface area contributed by atoms with Crippen LogP contribution in [0, 0.1) is 0 Å². The van der Waals surface area contributed by atoms with Gasteiger partial charge in [0.05, 0.1) is 21.9 Å². The fraction of sp³-hybridized carbons (Fsp3) is 0.241. The summed E-state index contributed by atoms with van der Waals surface area (Å²) in [4.78, 5) is 27.5. The minimum atomic E-state index is -0.335. The van der Waals surface area contributed by atoms with E-state index in [1.165, 1.54) is 12.4 Å². The van der Waals surface area contributed by atoms with Gasteiger partial charge in [-0.3, -0.25) is 9.78 Å². The van der Waals surface area contributed by atoms with E-state index in [4.69, 9.17) is 21.1 Å². The van der Waals surface area contributed by atoms with Gasteiger partial charge >= 0.3 is 0 Å². The van der Waals surface area contributed by atoms with Crippen molar-refractivity contribution in [3.8, 4) is 11.5 Å². The first kappa shape index (κ1) is 26.4. The van der Waals surface area contributed by atoms with Crippen molar-refractivity contribution in [2.45, 2.75) is 31.6 Å². The number of nitrogens with one attached hydrogen (secondary N) is 2. The molecule has 1 amide bonds. The molecule has 2 N–H and O–H groups in total. The molecule has 2 heterocycles. The average molecular weight is 545 g/mol. The molecule has 1 aliphatic rings. The van der Waals surface area contributed by atoms with E-state index in [1.807, 2.05) is 36.4 Å². The Morgan fingerprint density at radius 2 is 1.97 bits per heavy atom. The first-order valence-corrected chi connectivity index (χ1v) is 12.9. The molecule has 9 nitrogen and oxygen atoms in total. The second-order valence-corrected chi connectivity index (χ2v) is 9.90. The van der Waals surface area contributed by atoms with E-state index < -0.39 is 0 Å². The van der Waals surface area contributed by atoms with Crippen molar-refractivity contribution < 1.29 is 14.3 Å². The van der Waals surface area contributed by atoms with Crippen LogP contribution in [0.4, 0.5) is 17.2 Å². The van der Waals surface area contributed by atoms with Crippen LogP contribution >= 0.6 is 11.6 Å². The van der Waals surface area contributed by atoms with Crippen LogP contribution in [0.25, 0.3) is 10.9 Å². The Morgan fingerprint density at radius 3 is 2.69 bits per heavy atom. The molecular formula is C29H29ClN6O3. The highest BCUT2D eigenvalue weighted by molar-refractivity contribution is 6.32. The Balaban J connectivity index is 1.37. The maximum absolute atomic E-state index is 12.2. The van der Waals surface area contributed by atoms with Crippen molar-refractivity contribution in [1.29, 1.82) is 0 Å². The number of fused-ring (bicyclic) bond motifs is 1. The van der Waals surface area contributed by atoms with Crippen LogP contribution < -0.4 is 20.1 Å². The van der Waals surface area contributed by atoms with E-state index in [-0.39, 0.29) is 12.0 Å². The van der Waals surface area contributed by atoms with Crippen molar-refractivity contribution in [3.05, 3.63) is 84.4 Å². The van der Waals surface area contributed by atoms with Gasteiger partial charge in [0, 0.05) is 29.4 Å². The number of carbonyl (C=O) groups is 1. The normalized spacial score (nSPS) is 16.4. The van der Waals surface area contributed by atoms with Crippen LogP contribution in [0.3, 0.4) is 0 Å².